The van der Waals surface area contributed by atoms with Crippen LogP contribution in [-0.4, -0.2) is 29.5 Å². The van der Waals surface area contributed by atoms with Crippen molar-refractivity contribution in [1.82, 2.24) is 9.55 Å². The van der Waals surface area contributed by atoms with Crippen LogP contribution in [0.25, 0.3) is 0 Å². The topological polar surface area (TPSA) is 71.9 Å². The fourth-order valence-electron chi connectivity index (χ4n) is 0.907. The zero-order chi connectivity index (χ0) is 9.90. The van der Waals surface area contributed by atoms with E-state index in [2.05, 4.69) is 4.98 Å². The van der Waals surface area contributed by atoms with Crippen LogP contribution in [0.2, 0.25) is 0 Å². The summed E-state index contributed by atoms with van der Waals surface area (Å²) >= 11 is 0. The van der Waals surface area contributed by atoms with Gasteiger partial charge in [0.2, 0.25) is 0 Å². The number of nitrogens with one attached hydrogen (secondary N) is 1. The Balaban J connectivity index is 2.64. The van der Waals surface area contributed by atoms with Crippen molar-refractivity contribution in [3.63, 3.8) is 0 Å². The van der Waals surface area contributed by atoms with Crippen LogP contribution in [-0.2, 0) is 16.4 Å². The highest BCUT2D eigenvalue weighted by atomic mass is 32.2. The first kappa shape index (κ1) is 10.0. The summed E-state index contributed by atoms with van der Waals surface area (Å²) < 4.78 is 23.5. The molecule has 0 fully saturated rings. The standard InChI is InChI=1S/C7H12N2O3S/c1-2-13(11,12)6-5-9-4-3-8-7(9)10/h3-4H,2,5-6H2,1H3,(H,8,10). The number of aromatic amines is 1. The number of aromatic nitrogens is 2. The van der Waals surface area contributed by atoms with E-state index in [1.54, 1.807) is 6.92 Å². The second kappa shape index (κ2) is 3.78. The van der Waals surface area contributed by atoms with E-state index in [0.717, 1.165) is 0 Å². The zero-order valence-corrected chi connectivity index (χ0v) is 8.17. The molecule has 0 aliphatic rings. The third-order valence-corrected chi connectivity index (χ3v) is 3.49. The first-order valence-corrected chi connectivity index (χ1v) is 5.81. The molecule has 0 aliphatic heterocycles. The molecule has 0 amide bonds. The Morgan fingerprint density at radius 1 is 1.54 bits per heavy atom. The van der Waals surface area contributed by atoms with Crippen LogP contribution in [0.5, 0.6) is 0 Å². The molecule has 6 heteroatoms. The third kappa shape index (κ3) is 2.73. The second-order valence-corrected chi connectivity index (χ2v) is 5.17. The van der Waals surface area contributed by atoms with Crippen molar-refractivity contribution in [2.45, 2.75) is 13.5 Å². The van der Waals surface area contributed by atoms with Gasteiger partial charge in [-0.25, -0.2) is 13.2 Å². The van der Waals surface area contributed by atoms with E-state index in [0.29, 0.717) is 0 Å². The molecule has 5 nitrogen and oxygen atoms in total. The van der Waals surface area contributed by atoms with E-state index < -0.39 is 9.84 Å². The minimum Gasteiger partial charge on any atom is -0.313 e. The molecule has 0 radical (unpaired) electrons. The number of sulfone groups is 1. The molecule has 1 heterocycles. The van der Waals surface area contributed by atoms with Crippen LogP contribution < -0.4 is 5.69 Å². The minimum atomic E-state index is -2.99. The van der Waals surface area contributed by atoms with Gasteiger partial charge in [-0.15, -0.1) is 0 Å². The predicted octanol–water partition coefficient (Wildman–Crippen LogP) is -0.389. The fourth-order valence-corrected chi connectivity index (χ4v) is 1.67. The maximum atomic E-state index is 11.1. The number of hydrogen-bond acceptors (Lipinski definition) is 3. The van der Waals surface area contributed by atoms with Crippen LogP contribution >= 0.6 is 0 Å². The first-order chi connectivity index (χ1) is 6.05. The number of aryl methyl sites for hydroxylation is 1. The molecule has 0 aromatic carbocycles. The van der Waals surface area contributed by atoms with Crippen molar-refractivity contribution in [2.75, 3.05) is 11.5 Å². The SMILES string of the molecule is CCS(=O)(=O)CCn1cc[nH]c1=O. The van der Waals surface area contributed by atoms with Gasteiger partial charge in [0.1, 0.15) is 0 Å². The zero-order valence-electron chi connectivity index (χ0n) is 7.36. The van der Waals surface area contributed by atoms with Gasteiger partial charge in [0.15, 0.2) is 9.84 Å². The van der Waals surface area contributed by atoms with Gasteiger partial charge in [-0.2, -0.15) is 0 Å². The fraction of sp³-hybridized carbons (Fsp3) is 0.571. The van der Waals surface area contributed by atoms with Crippen molar-refractivity contribution in [2.24, 2.45) is 0 Å². The molecule has 0 bridgehead atoms. The van der Waals surface area contributed by atoms with Crippen LogP contribution in [0.1, 0.15) is 6.92 Å². The van der Waals surface area contributed by atoms with Gasteiger partial charge in [0, 0.05) is 24.7 Å². The number of rotatable bonds is 4. The van der Waals surface area contributed by atoms with E-state index in [9.17, 15) is 13.2 Å². The van der Waals surface area contributed by atoms with Crippen LogP contribution in [0.15, 0.2) is 17.2 Å². The van der Waals surface area contributed by atoms with Crippen molar-refractivity contribution < 1.29 is 8.42 Å². The molecule has 0 spiro atoms. The number of nitrogens with zero attached hydrogens (tertiary/aromatic N) is 1. The highest BCUT2D eigenvalue weighted by Crippen LogP contribution is 1.91. The lowest BCUT2D eigenvalue weighted by Gasteiger charge is -2.00. The average molecular weight is 204 g/mol. The predicted molar refractivity (Wildman–Crippen MR) is 49.4 cm³/mol. The summed E-state index contributed by atoms with van der Waals surface area (Å²) in [5, 5.41) is 0. The summed E-state index contributed by atoms with van der Waals surface area (Å²) in [6.07, 6.45) is 3.02. The van der Waals surface area contributed by atoms with Crippen LogP contribution in [0.3, 0.4) is 0 Å². The van der Waals surface area contributed by atoms with Crippen LogP contribution in [0.4, 0.5) is 0 Å². The lowest BCUT2D eigenvalue weighted by atomic mass is 10.7. The molecule has 0 atom stereocenters. The van der Waals surface area contributed by atoms with E-state index >= 15 is 0 Å². The van der Waals surface area contributed by atoms with E-state index in [1.165, 1.54) is 17.0 Å². The molecule has 1 N–H and O–H groups in total. The van der Waals surface area contributed by atoms with E-state index in [-0.39, 0.29) is 23.7 Å². The maximum absolute atomic E-state index is 11.1. The Kier molecular flexibility index (Phi) is 2.92. The quantitative estimate of drug-likeness (QED) is 0.726. The molecule has 1 aromatic heterocycles. The van der Waals surface area contributed by atoms with E-state index in [4.69, 9.17) is 0 Å². The molecule has 13 heavy (non-hydrogen) atoms. The lowest BCUT2D eigenvalue weighted by Crippen LogP contribution is -2.22. The average Bonchev–Trinajstić information content (AvgIpc) is 2.48. The Morgan fingerprint density at radius 2 is 2.23 bits per heavy atom. The normalized spacial score (nSPS) is 11.8. The summed E-state index contributed by atoms with van der Waals surface area (Å²) in [6, 6.07) is 0. The molecular weight excluding hydrogens is 192 g/mol. The summed E-state index contributed by atoms with van der Waals surface area (Å²) in [5.41, 5.74) is -0.272. The molecule has 1 rings (SSSR count). The Labute approximate surface area is 76.3 Å². The number of imidazole rings is 1. The monoisotopic (exact) mass is 204 g/mol. The van der Waals surface area contributed by atoms with Crippen molar-refractivity contribution >= 4 is 9.84 Å². The Bertz CT molecular complexity index is 415. The summed E-state index contributed by atoms with van der Waals surface area (Å²) in [6.45, 7) is 1.81. The minimum absolute atomic E-state index is 0.0151. The smallest absolute Gasteiger partial charge is 0.313 e. The Morgan fingerprint density at radius 3 is 2.69 bits per heavy atom. The third-order valence-electron chi connectivity index (χ3n) is 1.81. The molecule has 0 aliphatic carbocycles. The van der Waals surface area contributed by atoms with Gasteiger partial charge >= 0.3 is 5.69 Å². The Hall–Kier alpha value is -1.04. The van der Waals surface area contributed by atoms with E-state index in [1.807, 2.05) is 0 Å². The van der Waals surface area contributed by atoms with Gasteiger partial charge in [-0.1, -0.05) is 6.92 Å². The molecule has 0 saturated carbocycles. The molecule has 74 valence electrons. The first-order valence-electron chi connectivity index (χ1n) is 3.99. The van der Waals surface area contributed by atoms with Gasteiger partial charge in [-0.05, 0) is 0 Å². The highest BCUT2D eigenvalue weighted by molar-refractivity contribution is 7.91. The summed E-state index contributed by atoms with van der Waals surface area (Å²) in [7, 11) is -2.99. The number of H-pyrrole nitrogens is 1. The molecule has 0 saturated heterocycles. The van der Waals surface area contributed by atoms with Crippen molar-refractivity contribution in [3.8, 4) is 0 Å². The van der Waals surface area contributed by atoms with Gasteiger partial charge in [0.05, 0.1) is 5.75 Å². The van der Waals surface area contributed by atoms with Crippen molar-refractivity contribution in [3.05, 3.63) is 22.9 Å². The molecule has 0 unspecified atom stereocenters. The van der Waals surface area contributed by atoms with Gasteiger partial charge in [-0.3, -0.25) is 4.57 Å². The highest BCUT2D eigenvalue weighted by Gasteiger charge is 2.07. The summed E-state index contributed by atoms with van der Waals surface area (Å²) in [5.74, 6) is 0.132. The van der Waals surface area contributed by atoms with Crippen molar-refractivity contribution in [1.29, 1.82) is 0 Å². The molecular formula is C7H12N2O3S. The maximum Gasteiger partial charge on any atom is 0.325 e. The van der Waals surface area contributed by atoms with Gasteiger partial charge in [0.25, 0.3) is 0 Å². The summed E-state index contributed by atoms with van der Waals surface area (Å²) in [4.78, 5) is 13.4. The molecule has 1 aromatic rings. The lowest BCUT2D eigenvalue weighted by molar-refractivity contribution is 0.588. The largest absolute Gasteiger partial charge is 0.325 e. The van der Waals surface area contributed by atoms with Crippen LogP contribution in [0, 0.1) is 0 Å². The van der Waals surface area contributed by atoms with Gasteiger partial charge < -0.3 is 4.98 Å². The second-order valence-electron chi connectivity index (χ2n) is 2.69. The number of hydrogen-bond donors (Lipinski definition) is 1.